The number of nitrogens with two attached hydrogens (primary N) is 1. The van der Waals surface area contributed by atoms with E-state index in [0.717, 1.165) is 0 Å². The molecular formula is C10H17F3N2O. The first-order chi connectivity index (χ1) is 7.00. The Labute approximate surface area is 92.6 Å². The Bertz CT molecular complexity index is 289. The summed E-state index contributed by atoms with van der Waals surface area (Å²) < 4.78 is 37.7. The van der Waals surface area contributed by atoms with E-state index in [-0.39, 0.29) is 12.8 Å². The van der Waals surface area contributed by atoms with Crippen molar-refractivity contribution in [3.8, 4) is 0 Å². The molecule has 1 atom stereocenters. The molecule has 3 nitrogen and oxygen atoms in total. The van der Waals surface area contributed by atoms with Crippen LogP contribution < -0.4 is 11.1 Å². The number of carbonyl (C=O) groups is 1. The second-order valence-corrected chi connectivity index (χ2v) is 5.41. The van der Waals surface area contributed by atoms with E-state index in [2.05, 4.69) is 0 Å². The Hall–Kier alpha value is -0.780. The molecule has 0 heterocycles. The fourth-order valence-electron chi connectivity index (χ4n) is 1.31. The van der Waals surface area contributed by atoms with E-state index in [1.165, 1.54) is 0 Å². The van der Waals surface area contributed by atoms with E-state index in [4.69, 9.17) is 5.73 Å². The molecule has 0 aromatic heterocycles. The van der Waals surface area contributed by atoms with Gasteiger partial charge in [-0.25, -0.2) is 0 Å². The van der Waals surface area contributed by atoms with E-state index in [1.54, 1.807) is 20.8 Å². The molecule has 0 unspecified atom stereocenters. The number of alkyl halides is 3. The van der Waals surface area contributed by atoms with Gasteiger partial charge in [-0.2, -0.15) is 13.2 Å². The highest BCUT2D eigenvalue weighted by Crippen LogP contribution is 2.49. The Balaban J connectivity index is 2.67. The smallest absolute Gasteiger partial charge is 0.341 e. The van der Waals surface area contributed by atoms with Crippen molar-refractivity contribution in [1.29, 1.82) is 0 Å². The molecule has 1 amide bonds. The van der Waals surface area contributed by atoms with Crippen LogP contribution in [0.3, 0.4) is 0 Å². The molecule has 0 bridgehead atoms. The molecule has 0 aromatic carbocycles. The number of nitrogens with one attached hydrogen (secondary N) is 1. The van der Waals surface area contributed by atoms with Crippen molar-refractivity contribution < 1.29 is 18.0 Å². The standard InChI is InChI=1S/C10H17F3N2O/c1-8(2,3)6(14)7(16)15-9(4-5-9)10(11,12)13/h6H,4-5,14H2,1-3H3,(H,15,16)/t6-/m1/s1. The third-order valence-corrected chi connectivity index (χ3v) is 2.87. The van der Waals surface area contributed by atoms with Crippen LogP contribution in [0.2, 0.25) is 0 Å². The summed E-state index contributed by atoms with van der Waals surface area (Å²) in [6, 6.07) is -0.938. The van der Waals surface area contributed by atoms with Gasteiger partial charge in [0.05, 0.1) is 6.04 Å². The summed E-state index contributed by atoms with van der Waals surface area (Å²) in [7, 11) is 0. The average molecular weight is 238 g/mol. The van der Waals surface area contributed by atoms with Crippen LogP contribution in [0.25, 0.3) is 0 Å². The van der Waals surface area contributed by atoms with Crippen molar-refractivity contribution in [2.45, 2.75) is 51.4 Å². The van der Waals surface area contributed by atoms with E-state index < -0.39 is 29.1 Å². The molecule has 1 saturated carbocycles. The van der Waals surface area contributed by atoms with Crippen LogP contribution in [0.15, 0.2) is 0 Å². The van der Waals surface area contributed by atoms with Gasteiger partial charge in [0.25, 0.3) is 0 Å². The van der Waals surface area contributed by atoms with Gasteiger partial charge in [0.15, 0.2) is 0 Å². The number of carbonyl (C=O) groups excluding carboxylic acids is 1. The molecule has 3 N–H and O–H groups in total. The Morgan fingerprint density at radius 1 is 1.31 bits per heavy atom. The number of rotatable bonds is 2. The third-order valence-electron chi connectivity index (χ3n) is 2.87. The van der Waals surface area contributed by atoms with Crippen LogP contribution in [-0.4, -0.2) is 23.7 Å². The maximum atomic E-state index is 12.6. The normalized spacial score (nSPS) is 21.4. The van der Waals surface area contributed by atoms with Crippen molar-refractivity contribution in [2.24, 2.45) is 11.1 Å². The molecule has 94 valence electrons. The summed E-state index contributed by atoms with van der Waals surface area (Å²) in [6.45, 7) is 5.14. The average Bonchev–Trinajstić information content (AvgIpc) is 2.81. The van der Waals surface area contributed by atoms with Crippen molar-refractivity contribution >= 4 is 5.91 Å². The van der Waals surface area contributed by atoms with Crippen LogP contribution >= 0.6 is 0 Å². The van der Waals surface area contributed by atoms with Crippen LogP contribution in [0.4, 0.5) is 13.2 Å². The van der Waals surface area contributed by atoms with E-state index in [9.17, 15) is 18.0 Å². The Morgan fingerprint density at radius 3 is 2.00 bits per heavy atom. The zero-order valence-corrected chi connectivity index (χ0v) is 9.61. The van der Waals surface area contributed by atoms with Crippen molar-refractivity contribution in [2.75, 3.05) is 0 Å². The lowest BCUT2D eigenvalue weighted by molar-refractivity contribution is -0.171. The monoisotopic (exact) mass is 238 g/mol. The summed E-state index contributed by atoms with van der Waals surface area (Å²) in [5, 5.41) is 2.02. The summed E-state index contributed by atoms with van der Waals surface area (Å²) in [5.41, 5.74) is 3.02. The third kappa shape index (κ3) is 2.48. The fourth-order valence-corrected chi connectivity index (χ4v) is 1.31. The SMILES string of the molecule is CC(C)(C)[C@H](N)C(=O)NC1(C(F)(F)F)CC1. The molecule has 0 spiro atoms. The Morgan fingerprint density at radius 2 is 1.75 bits per heavy atom. The highest BCUT2D eigenvalue weighted by Gasteiger charge is 2.64. The first-order valence-corrected chi connectivity index (χ1v) is 5.14. The maximum Gasteiger partial charge on any atom is 0.411 e. The van der Waals surface area contributed by atoms with Crippen molar-refractivity contribution in [3.05, 3.63) is 0 Å². The van der Waals surface area contributed by atoms with Gasteiger partial charge < -0.3 is 11.1 Å². The summed E-state index contributed by atoms with van der Waals surface area (Å²) in [4.78, 5) is 11.6. The highest BCUT2D eigenvalue weighted by molar-refractivity contribution is 5.83. The van der Waals surface area contributed by atoms with Gasteiger partial charge in [-0.1, -0.05) is 20.8 Å². The van der Waals surface area contributed by atoms with Gasteiger partial charge in [0, 0.05) is 0 Å². The summed E-state index contributed by atoms with van der Waals surface area (Å²) in [5.74, 6) is -0.734. The molecule has 6 heteroatoms. The highest BCUT2D eigenvalue weighted by atomic mass is 19.4. The lowest BCUT2D eigenvalue weighted by atomic mass is 9.86. The number of halogens is 3. The van der Waals surface area contributed by atoms with Crippen LogP contribution in [0.5, 0.6) is 0 Å². The molecule has 0 radical (unpaired) electrons. The zero-order chi connectivity index (χ0) is 12.8. The quantitative estimate of drug-likeness (QED) is 0.767. The zero-order valence-electron chi connectivity index (χ0n) is 9.61. The van der Waals surface area contributed by atoms with Crippen LogP contribution in [0, 0.1) is 5.41 Å². The first-order valence-electron chi connectivity index (χ1n) is 5.14. The van der Waals surface area contributed by atoms with E-state index in [1.807, 2.05) is 5.32 Å². The Kier molecular flexibility index (Phi) is 3.00. The molecular weight excluding hydrogens is 221 g/mol. The minimum absolute atomic E-state index is 0.0564. The minimum Gasteiger partial charge on any atom is -0.341 e. The van der Waals surface area contributed by atoms with Gasteiger partial charge in [0.1, 0.15) is 5.54 Å². The van der Waals surface area contributed by atoms with Gasteiger partial charge in [0.2, 0.25) is 5.91 Å². The van der Waals surface area contributed by atoms with Gasteiger partial charge in [-0.3, -0.25) is 4.79 Å². The summed E-state index contributed by atoms with van der Waals surface area (Å²) in [6.07, 6.45) is -4.50. The topological polar surface area (TPSA) is 55.1 Å². The predicted octanol–water partition coefficient (Wildman–Crippen LogP) is 1.57. The molecule has 1 aliphatic rings. The molecule has 1 fully saturated rings. The van der Waals surface area contributed by atoms with Gasteiger partial charge in [-0.15, -0.1) is 0 Å². The van der Waals surface area contributed by atoms with E-state index in [0.29, 0.717) is 0 Å². The van der Waals surface area contributed by atoms with Crippen molar-refractivity contribution in [3.63, 3.8) is 0 Å². The van der Waals surface area contributed by atoms with E-state index >= 15 is 0 Å². The first kappa shape index (κ1) is 13.3. The minimum atomic E-state index is -4.39. The van der Waals surface area contributed by atoms with Crippen molar-refractivity contribution in [1.82, 2.24) is 5.32 Å². The van der Waals surface area contributed by atoms with Crippen LogP contribution in [-0.2, 0) is 4.79 Å². The number of hydrogen-bond acceptors (Lipinski definition) is 2. The molecule has 1 aliphatic carbocycles. The maximum absolute atomic E-state index is 12.6. The lowest BCUT2D eigenvalue weighted by Crippen LogP contribution is -2.56. The molecule has 0 saturated heterocycles. The number of amides is 1. The number of hydrogen-bond donors (Lipinski definition) is 2. The second-order valence-electron chi connectivity index (χ2n) is 5.41. The molecule has 1 rings (SSSR count). The predicted molar refractivity (Wildman–Crippen MR) is 53.6 cm³/mol. The second kappa shape index (κ2) is 3.61. The largest absolute Gasteiger partial charge is 0.411 e. The fraction of sp³-hybridized carbons (Fsp3) is 0.900. The molecule has 0 aliphatic heterocycles. The molecule has 0 aromatic rings. The van der Waals surface area contributed by atoms with Gasteiger partial charge in [-0.05, 0) is 18.3 Å². The van der Waals surface area contributed by atoms with Crippen LogP contribution in [0.1, 0.15) is 33.6 Å². The molecule has 16 heavy (non-hydrogen) atoms. The van der Waals surface area contributed by atoms with Gasteiger partial charge >= 0.3 is 6.18 Å². The lowest BCUT2D eigenvalue weighted by Gasteiger charge is -2.29. The summed E-state index contributed by atoms with van der Waals surface area (Å²) >= 11 is 0.